The normalized spacial score (nSPS) is 14.1. The van der Waals surface area contributed by atoms with Crippen LogP contribution < -0.4 is 10.1 Å². The molecule has 0 aromatic heterocycles. The van der Waals surface area contributed by atoms with Gasteiger partial charge in [-0.2, -0.15) is 0 Å². The second kappa shape index (κ2) is 10.1. The van der Waals surface area contributed by atoms with E-state index < -0.39 is 55.3 Å². The van der Waals surface area contributed by atoms with E-state index in [1.165, 1.54) is 36.4 Å². The molecular formula is C24H16F2N2O7S2. The predicted octanol–water partition coefficient (Wildman–Crippen LogP) is 4.86. The summed E-state index contributed by atoms with van der Waals surface area (Å²) in [6.07, 6.45) is 1.39. The first kappa shape index (κ1) is 26.0. The zero-order chi connectivity index (χ0) is 26.9. The van der Waals surface area contributed by atoms with Crippen molar-refractivity contribution in [3.8, 4) is 5.75 Å². The fraction of sp³-hybridized carbons (Fsp3) is 0.0833. The molecule has 3 aromatic carbocycles. The lowest BCUT2D eigenvalue weighted by Gasteiger charge is -2.19. The number of sulfone groups is 1. The monoisotopic (exact) mass is 546 g/mol. The summed E-state index contributed by atoms with van der Waals surface area (Å²) in [5.74, 6) is -4.44. The molecule has 0 bridgehead atoms. The maximum absolute atomic E-state index is 14.0. The number of nitro groups is 1. The third kappa shape index (κ3) is 5.67. The standard InChI is InChI=1S/C24H16F2N2O7S2/c1-13(29)35-21-7-5-14(9-20(21)28(31)32)10-23-24(30)27-19-11-15(6-8-22(19)36-23)37(33,34)12-16-17(25)3-2-4-18(16)26/h2-11H,12H2,1H3,(H,27,30). The van der Waals surface area contributed by atoms with Gasteiger partial charge in [0.15, 0.2) is 9.84 Å². The van der Waals surface area contributed by atoms with Crippen molar-refractivity contribution in [1.29, 1.82) is 0 Å². The Labute approximate surface area is 213 Å². The van der Waals surface area contributed by atoms with Crippen molar-refractivity contribution >= 4 is 50.9 Å². The van der Waals surface area contributed by atoms with Gasteiger partial charge >= 0.3 is 11.7 Å². The van der Waals surface area contributed by atoms with Crippen molar-refractivity contribution in [3.63, 3.8) is 0 Å². The SMILES string of the molecule is CC(=O)Oc1ccc(C=C2Sc3ccc(S(=O)(=O)Cc4c(F)cccc4F)cc3NC2=O)cc1[N+](=O)[O-]. The third-order valence-corrected chi connectivity index (χ3v) is 7.87. The molecule has 3 aromatic rings. The summed E-state index contributed by atoms with van der Waals surface area (Å²) in [5, 5.41) is 13.9. The highest BCUT2D eigenvalue weighted by Gasteiger charge is 2.26. The van der Waals surface area contributed by atoms with E-state index in [-0.39, 0.29) is 26.8 Å². The molecule has 0 atom stereocenters. The molecule has 190 valence electrons. The van der Waals surface area contributed by atoms with Gasteiger partial charge in [0.1, 0.15) is 11.6 Å². The first-order valence-electron chi connectivity index (χ1n) is 10.4. The quantitative estimate of drug-likeness (QED) is 0.152. The minimum atomic E-state index is -4.15. The molecule has 1 aliphatic heterocycles. The largest absolute Gasteiger partial charge is 0.419 e. The van der Waals surface area contributed by atoms with Crippen molar-refractivity contribution in [3.05, 3.63) is 92.4 Å². The Hall–Kier alpha value is -4.10. The molecule has 1 aliphatic rings. The Morgan fingerprint density at radius 3 is 2.49 bits per heavy atom. The van der Waals surface area contributed by atoms with Gasteiger partial charge in [0.25, 0.3) is 5.91 Å². The number of fused-ring (bicyclic) bond motifs is 1. The van der Waals surface area contributed by atoms with Crippen LogP contribution in [0.25, 0.3) is 6.08 Å². The number of nitro benzene ring substituents is 1. The molecule has 0 radical (unpaired) electrons. The van der Waals surface area contributed by atoms with Crippen LogP contribution in [-0.2, 0) is 25.2 Å². The molecule has 37 heavy (non-hydrogen) atoms. The summed E-state index contributed by atoms with van der Waals surface area (Å²) in [5.41, 5.74) is -0.585. The van der Waals surface area contributed by atoms with Gasteiger partial charge in [-0.25, -0.2) is 17.2 Å². The molecule has 1 amide bonds. The fourth-order valence-corrected chi connectivity index (χ4v) is 5.76. The number of halogens is 2. The molecule has 13 heteroatoms. The molecule has 4 rings (SSSR count). The summed E-state index contributed by atoms with van der Waals surface area (Å²) in [6, 6.07) is 10.8. The van der Waals surface area contributed by atoms with Crippen LogP contribution in [0.15, 0.2) is 69.3 Å². The maximum atomic E-state index is 14.0. The van der Waals surface area contributed by atoms with E-state index >= 15 is 0 Å². The number of benzene rings is 3. The van der Waals surface area contributed by atoms with Crippen molar-refractivity contribution in [2.45, 2.75) is 22.5 Å². The van der Waals surface area contributed by atoms with Crippen LogP contribution >= 0.6 is 11.8 Å². The number of hydrogen-bond acceptors (Lipinski definition) is 8. The van der Waals surface area contributed by atoms with Gasteiger partial charge in [-0.3, -0.25) is 19.7 Å². The zero-order valence-electron chi connectivity index (χ0n) is 18.9. The van der Waals surface area contributed by atoms with Crippen LogP contribution in [0.3, 0.4) is 0 Å². The van der Waals surface area contributed by atoms with Crippen LogP contribution in [0.5, 0.6) is 5.75 Å². The molecule has 0 unspecified atom stereocenters. The summed E-state index contributed by atoms with van der Waals surface area (Å²) in [7, 11) is -4.15. The number of rotatable bonds is 6. The van der Waals surface area contributed by atoms with Gasteiger partial charge in [-0.05, 0) is 48.0 Å². The summed E-state index contributed by atoms with van der Waals surface area (Å²) >= 11 is 0.996. The lowest BCUT2D eigenvalue weighted by molar-refractivity contribution is -0.385. The van der Waals surface area contributed by atoms with Gasteiger partial charge in [0.2, 0.25) is 5.75 Å². The van der Waals surface area contributed by atoms with E-state index in [0.717, 1.165) is 43.0 Å². The number of esters is 1. The molecular weight excluding hydrogens is 530 g/mol. The van der Waals surface area contributed by atoms with E-state index in [4.69, 9.17) is 4.74 Å². The molecule has 0 fully saturated rings. The van der Waals surface area contributed by atoms with Crippen molar-refractivity contribution in [2.75, 3.05) is 5.32 Å². The first-order chi connectivity index (χ1) is 17.4. The van der Waals surface area contributed by atoms with Gasteiger partial charge in [0, 0.05) is 23.4 Å². The Bertz CT molecular complexity index is 1580. The predicted molar refractivity (Wildman–Crippen MR) is 131 cm³/mol. The van der Waals surface area contributed by atoms with Gasteiger partial charge in [-0.15, -0.1) is 0 Å². The molecule has 0 saturated heterocycles. The number of thioether (sulfide) groups is 1. The Morgan fingerprint density at radius 2 is 1.84 bits per heavy atom. The van der Waals surface area contributed by atoms with Gasteiger partial charge in [-0.1, -0.05) is 23.9 Å². The van der Waals surface area contributed by atoms with Gasteiger partial charge in [0.05, 0.1) is 26.2 Å². The van der Waals surface area contributed by atoms with E-state index in [0.29, 0.717) is 4.90 Å². The van der Waals surface area contributed by atoms with Crippen LogP contribution in [0.4, 0.5) is 20.2 Å². The second-order valence-electron chi connectivity index (χ2n) is 7.76. The number of carbonyl (C=O) groups is 2. The highest BCUT2D eigenvalue weighted by Crippen LogP contribution is 2.41. The fourth-order valence-electron chi connectivity index (χ4n) is 3.44. The number of hydrogen-bond donors (Lipinski definition) is 1. The average molecular weight is 547 g/mol. The van der Waals surface area contributed by atoms with Crippen LogP contribution in [0.2, 0.25) is 0 Å². The van der Waals surface area contributed by atoms with Crippen molar-refractivity contribution < 1.29 is 36.4 Å². The van der Waals surface area contributed by atoms with E-state index in [1.54, 1.807) is 0 Å². The van der Waals surface area contributed by atoms with Crippen molar-refractivity contribution in [2.24, 2.45) is 0 Å². The lowest BCUT2D eigenvalue weighted by Crippen LogP contribution is -2.18. The minimum absolute atomic E-state index is 0.158. The Morgan fingerprint density at radius 1 is 1.14 bits per heavy atom. The Kier molecular flexibility index (Phi) is 7.09. The van der Waals surface area contributed by atoms with E-state index in [1.807, 2.05) is 0 Å². The van der Waals surface area contributed by atoms with Crippen LogP contribution in [-0.4, -0.2) is 25.2 Å². The number of nitrogens with zero attached hydrogens (tertiary/aromatic N) is 1. The number of amides is 1. The average Bonchev–Trinajstić information content (AvgIpc) is 2.82. The second-order valence-corrected chi connectivity index (χ2v) is 10.8. The first-order valence-corrected chi connectivity index (χ1v) is 12.9. The summed E-state index contributed by atoms with van der Waals surface area (Å²) in [4.78, 5) is 34.9. The molecule has 1 heterocycles. The molecule has 1 N–H and O–H groups in total. The molecule has 0 aliphatic carbocycles. The number of ether oxygens (including phenoxy) is 1. The molecule has 0 saturated carbocycles. The number of carbonyl (C=O) groups excluding carboxylic acids is 2. The summed E-state index contributed by atoms with van der Waals surface area (Å²) < 4.78 is 58.4. The van der Waals surface area contributed by atoms with E-state index in [9.17, 15) is 36.9 Å². The topological polar surface area (TPSA) is 133 Å². The van der Waals surface area contributed by atoms with Crippen molar-refractivity contribution in [1.82, 2.24) is 0 Å². The number of nitrogens with one attached hydrogen (secondary N) is 1. The minimum Gasteiger partial charge on any atom is -0.419 e. The third-order valence-electron chi connectivity index (χ3n) is 5.13. The molecule has 0 spiro atoms. The van der Waals surface area contributed by atoms with Crippen LogP contribution in [0.1, 0.15) is 18.1 Å². The smallest absolute Gasteiger partial charge is 0.312 e. The maximum Gasteiger partial charge on any atom is 0.312 e. The highest BCUT2D eigenvalue weighted by molar-refractivity contribution is 8.04. The van der Waals surface area contributed by atoms with E-state index in [2.05, 4.69) is 5.32 Å². The molecule has 9 nitrogen and oxygen atoms in total. The number of anilines is 1. The van der Waals surface area contributed by atoms with Gasteiger partial charge < -0.3 is 10.1 Å². The zero-order valence-corrected chi connectivity index (χ0v) is 20.5. The lowest BCUT2D eigenvalue weighted by atomic mass is 10.1. The highest BCUT2D eigenvalue weighted by atomic mass is 32.2. The Balaban J connectivity index is 1.61. The summed E-state index contributed by atoms with van der Waals surface area (Å²) in [6.45, 7) is 1.11. The van der Waals surface area contributed by atoms with Crippen LogP contribution in [0, 0.1) is 21.7 Å².